The molecule has 1 aliphatic rings. The average molecular weight is 499 g/mol. The molecule has 1 aliphatic heterocycles. The highest BCUT2D eigenvalue weighted by Gasteiger charge is 2.31. The molecule has 0 bridgehead atoms. The Kier molecular flexibility index (Phi) is 5.95. The first-order valence-corrected chi connectivity index (χ1v) is 11.9. The van der Waals surface area contributed by atoms with Crippen molar-refractivity contribution in [1.29, 1.82) is 5.26 Å². The number of nitrogens with two attached hydrogens (primary N) is 1. The van der Waals surface area contributed by atoms with Crippen LogP contribution in [0.5, 0.6) is 11.5 Å². The minimum absolute atomic E-state index is 0.0263. The average Bonchev–Trinajstić information content (AvgIpc) is 3.18. The molecule has 3 aromatic carbocycles. The van der Waals surface area contributed by atoms with Crippen molar-refractivity contribution in [3.05, 3.63) is 105 Å². The summed E-state index contributed by atoms with van der Waals surface area (Å²) >= 11 is 6.24. The molecule has 5 rings (SSSR count). The number of carbonyl (C=O) groups excluding carboxylic acids is 1. The first kappa shape index (κ1) is 23.5. The van der Waals surface area contributed by atoms with Gasteiger partial charge in [0, 0.05) is 27.6 Å². The molecule has 6 nitrogen and oxygen atoms in total. The second-order valence-electron chi connectivity index (χ2n) is 8.76. The Bertz CT molecular complexity index is 1590. The van der Waals surface area contributed by atoms with E-state index < -0.39 is 5.97 Å². The third kappa shape index (κ3) is 3.98. The Morgan fingerprint density at radius 1 is 1.14 bits per heavy atom. The molecule has 0 saturated carbocycles. The lowest BCUT2D eigenvalue weighted by molar-refractivity contribution is 0.0702. The number of hydrogen-bond acceptors (Lipinski definition) is 6. The zero-order valence-electron chi connectivity index (χ0n) is 20.0. The molecule has 1 aromatic heterocycles. The van der Waals surface area contributed by atoms with E-state index in [-0.39, 0.29) is 23.3 Å². The van der Waals surface area contributed by atoms with Crippen LogP contribution in [0.15, 0.2) is 70.5 Å². The van der Waals surface area contributed by atoms with Crippen LogP contribution >= 0.6 is 11.6 Å². The van der Waals surface area contributed by atoms with E-state index in [0.29, 0.717) is 27.5 Å². The minimum Gasteiger partial charge on any atom is -0.449 e. The summed E-state index contributed by atoms with van der Waals surface area (Å²) in [5.41, 5.74) is 11.4. The molecule has 0 fully saturated rings. The van der Waals surface area contributed by atoms with E-state index in [9.17, 15) is 10.1 Å². The Morgan fingerprint density at radius 3 is 2.58 bits per heavy atom. The maximum absolute atomic E-state index is 13.0. The number of benzene rings is 3. The lowest BCUT2D eigenvalue weighted by atomic mass is 9.83. The molecule has 2 heterocycles. The molecule has 4 aromatic rings. The topological polar surface area (TPSA) is 98.5 Å². The van der Waals surface area contributed by atoms with Gasteiger partial charge in [0.15, 0.2) is 0 Å². The van der Waals surface area contributed by atoms with Gasteiger partial charge >= 0.3 is 5.97 Å². The van der Waals surface area contributed by atoms with Crippen molar-refractivity contribution in [2.45, 2.75) is 33.1 Å². The fourth-order valence-electron chi connectivity index (χ4n) is 4.48. The number of esters is 1. The second-order valence-corrected chi connectivity index (χ2v) is 9.17. The summed E-state index contributed by atoms with van der Waals surface area (Å²) in [6.07, 6.45) is 0.916. The minimum atomic E-state index is -0.638. The van der Waals surface area contributed by atoms with Gasteiger partial charge in [0.25, 0.3) is 0 Å². The van der Waals surface area contributed by atoms with E-state index in [1.807, 2.05) is 31.2 Å². The molecule has 0 radical (unpaired) electrons. The SMILES string of the molecule is CCc1ccc(C2C(C#N)=C(N)Oc3cc(OC(=O)c4oc5cc(C)c(Cl)cc5c4C)ccc32)cc1. The quantitative estimate of drug-likeness (QED) is 0.248. The van der Waals surface area contributed by atoms with Gasteiger partial charge in [-0.2, -0.15) is 5.26 Å². The van der Waals surface area contributed by atoms with Crippen LogP contribution in [0.1, 0.15) is 51.2 Å². The maximum atomic E-state index is 13.0. The first-order chi connectivity index (χ1) is 17.3. The Morgan fingerprint density at radius 2 is 1.89 bits per heavy atom. The number of aryl methyl sites for hydroxylation is 3. The third-order valence-electron chi connectivity index (χ3n) is 6.53. The summed E-state index contributed by atoms with van der Waals surface area (Å²) in [6.45, 7) is 5.74. The summed E-state index contributed by atoms with van der Waals surface area (Å²) in [4.78, 5) is 13.0. The number of allylic oxidation sites excluding steroid dienone is 1. The molecule has 1 unspecified atom stereocenters. The summed E-state index contributed by atoms with van der Waals surface area (Å²) < 4.78 is 17.2. The summed E-state index contributed by atoms with van der Waals surface area (Å²) in [7, 11) is 0. The van der Waals surface area contributed by atoms with Gasteiger partial charge in [-0.15, -0.1) is 0 Å². The fourth-order valence-corrected chi connectivity index (χ4v) is 4.64. The van der Waals surface area contributed by atoms with Gasteiger partial charge in [-0.05, 0) is 55.2 Å². The number of fused-ring (bicyclic) bond motifs is 2. The Hall–Kier alpha value is -4.21. The summed E-state index contributed by atoms with van der Waals surface area (Å²) in [5.74, 6) is -0.212. The van der Waals surface area contributed by atoms with E-state index in [1.54, 1.807) is 37.3 Å². The van der Waals surface area contributed by atoms with Crippen LogP contribution < -0.4 is 15.2 Å². The number of ether oxygens (including phenoxy) is 2. The number of halogens is 1. The Balaban J connectivity index is 1.48. The number of nitrogens with zero attached hydrogens (tertiary/aromatic N) is 1. The lowest BCUT2D eigenvalue weighted by Gasteiger charge is -2.26. The zero-order valence-corrected chi connectivity index (χ0v) is 20.8. The number of nitriles is 1. The normalized spacial score (nSPS) is 14.8. The lowest BCUT2D eigenvalue weighted by Crippen LogP contribution is -2.21. The molecule has 1 atom stereocenters. The van der Waals surface area contributed by atoms with Gasteiger partial charge in [-0.3, -0.25) is 0 Å². The highest BCUT2D eigenvalue weighted by Crippen LogP contribution is 2.43. The van der Waals surface area contributed by atoms with Gasteiger partial charge in [0.05, 0.1) is 5.92 Å². The van der Waals surface area contributed by atoms with Crippen LogP contribution in [0.3, 0.4) is 0 Å². The van der Waals surface area contributed by atoms with Crippen molar-refractivity contribution in [3.8, 4) is 17.6 Å². The van der Waals surface area contributed by atoms with Crippen molar-refractivity contribution in [2.24, 2.45) is 5.73 Å². The molecule has 0 saturated heterocycles. The van der Waals surface area contributed by atoms with Crippen molar-refractivity contribution < 1.29 is 18.7 Å². The van der Waals surface area contributed by atoms with Gasteiger partial charge in [0.2, 0.25) is 11.6 Å². The molecule has 0 spiro atoms. The van der Waals surface area contributed by atoms with Crippen LogP contribution in [0.4, 0.5) is 0 Å². The zero-order chi connectivity index (χ0) is 25.6. The van der Waals surface area contributed by atoms with Crippen molar-refractivity contribution >= 4 is 28.5 Å². The molecule has 2 N–H and O–H groups in total. The van der Waals surface area contributed by atoms with E-state index in [1.165, 1.54) is 5.56 Å². The number of furan rings is 1. The highest BCUT2D eigenvalue weighted by atomic mass is 35.5. The van der Waals surface area contributed by atoms with Gasteiger partial charge in [-0.25, -0.2) is 4.79 Å². The molecule has 36 heavy (non-hydrogen) atoms. The standard InChI is InChI=1S/C29H23ClN2O4/c1-4-17-5-7-18(8-6-17)26-20-10-9-19(12-25(20)36-28(32)22(26)14-31)34-29(33)27-16(3)21-13-23(30)15(2)11-24(21)35-27/h5-13,26H,4,32H2,1-3H3. The van der Waals surface area contributed by atoms with Gasteiger partial charge < -0.3 is 19.6 Å². The van der Waals surface area contributed by atoms with Crippen LogP contribution in [0.25, 0.3) is 11.0 Å². The molecular weight excluding hydrogens is 476 g/mol. The first-order valence-electron chi connectivity index (χ1n) is 11.5. The third-order valence-corrected chi connectivity index (χ3v) is 6.93. The van der Waals surface area contributed by atoms with Crippen LogP contribution in [-0.2, 0) is 6.42 Å². The molecule has 7 heteroatoms. The van der Waals surface area contributed by atoms with Crippen LogP contribution in [0.2, 0.25) is 5.02 Å². The molecule has 180 valence electrons. The maximum Gasteiger partial charge on any atom is 0.379 e. The van der Waals surface area contributed by atoms with Crippen molar-refractivity contribution in [1.82, 2.24) is 0 Å². The van der Waals surface area contributed by atoms with Crippen LogP contribution in [0, 0.1) is 25.2 Å². The predicted molar refractivity (Wildman–Crippen MR) is 137 cm³/mol. The largest absolute Gasteiger partial charge is 0.449 e. The number of hydrogen-bond donors (Lipinski definition) is 1. The monoisotopic (exact) mass is 498 g/mol. The van der Waals surface area contributed by atoms with E-state index >= 15 is 0 Å². The molecule has 0 amide bonds. The van der Waals surface area contributed by atoms with Crippen molar-refractivity contribution in [2.75, 3.05) is 0 Å². The summed E-state index contributed by atoms with van der Waals surface area (Å²) in [5, 5.41) is 11.1. The summed E-state index contributed by atoms with van der Waals surface area (Å²) in [6, 6.07) is 18.9. The smallest absolute Gasteiger partial charge is 0.379 e. The van der Waals surface area contributed by atoms with E-state index in [2.05, 4.69) is 13.0 Å². The van der Waals surface area contributed by atoms with Gasteiger partial charge in [-0.1, -0.05) is 48.9 Å². The van der Waals surface area contributed by atoms with Crippen LogP contribution in [-0.4, -0.2) is 5.97 Å². The van der Waals surface area contributed by atoms with E-state index in [4.69, 9.17) is 31.2 Å². The Labute approximate surface area is 213 Å². The molecule has 0 aliphatic carbocycles. The van der Waals surface area contributed by atoms with E-state index in [0.717, 1.165) is 28.5 Å². The van der Waals surface area contributed by atoms with Gasteiger partial charge in [0.1, 0.15) is 28.7 Å². The highest BCUT2D eigenvalue weighted by molar-refractivity contribution is 6.32. The second kappa shape index (κ2) is 9.10. The predicted octanol–water partition coefficient (Wildman–Crippen LogP) is 6.70. The number of rotatable bonds is 4. The molecular formula is C29H23ClN2O4. The number of carbonyl (C=O) groups is 1. The van der Waals surface area contributed by atoms with Crippen molar-refractivity contribution in [3.63, 3.8) is 0 Å². The fraction of sp³-hybridized carbons (Fsp3) is 0.172.